The highest BCUT2D eigenvalue weighted by Crippen LogP contribution is 2.33. The van der Waals surface area contributed by atoms with Crippen LogP contribution in [0.1, 0.15) is 28.6 Å². The van der Waals surface area contributed by atoms with Gasteiger partial charge in [-0.25, -0.2) is 4.98 Å². The predicted octanol–water partition coefficient (Wildman–Crippen LogP) is 6.54. The van der Waals surface area contributed by atoms with Gasteiger partial charge in [-0.3, -0.25) is 10.1 Å². The van der Waals surface area contributed by atoms with E-state index >= 15 is 0 Å². The van der Waals surface area contributed by atoms with Gasteiger partial charge in [-0.2, -0.15) is 0 Å². The molecule has 3 nitrogen and oxygen atoms in total. The number of hydrogen-bond acceptors (Lipinski definition) is 3. The molecule has 1 amide bonds. The molecule has 3 rings (SSSR count). The van der Waals surface area contributed by atoms with E-state index in [0.29, 0.717) is 10.7 Å². The quantitative estimate of drug-likeness (QED) is 0.451. The van der Waals surface area contributed by atoms with Crippen LogP contribution in [0.5, 0.6) is 0 Å². The van der Waals surface area contributed by atoms with Crippen molar-refractivity contribution in [2.75, 3.05) is 5.32 Å². The van der Waals surface area contributed by atoms with Gasteiger partial charge in [0.2, 0.25) is 0 Å². The van der Waals surface area contributed by atoms with Gasteiger partial charge in [-0.1, -0.05) is 63.4 Å². The van der Waals surface area contributed by atoms with Crippen molar-refractivity contribution < 1.29 is 4.79 Å². The average Bonchev–Trinajstić information content (AvgIpc) is 2.98. The largest absolute Gasteiger partial charge is 0.298 e. The van der Waals surface area contributed by atoms with Crippen molar-refractivity contribution >= 4 is 54.2 Å². The maximum Gasteiger partial charge on any atom is 0.257 e. The third kappa shape index (κ3) is 4.57. The van der Waals surface area contributed by atoms with Crippen LogP contribution in [0.3, 0.4) is 0 Å². The van der Waals surface area contributed by atoms with Gasteiger partial charge >= 0.3 is 0 Å². The van der Waals surface area contributed by atoms with E-state index < -0.39 is 0 Å². The standard InChI is InChI=1S/C19H16Br2N2OS/c1-2-4-16-17(12-7-9-14(20)10-8-12)22-19(25-16)23-18(24)13-5-3-6-15(21)11-13/h3,5-11H,2,4H2,1H3,(H,22,23,24). The minimum Gasteiger partial charge on any atom is -0.298 e. The second-order valence-corrected chi connectivity index (χ2v) is 8.43. The van der Waals surface area contributed by atoms with E-state index in [0.717, 1.165) is 33.0 Å². The molecule has 0 unspecified atom stereocenters. The minimum atomic E-state index is -0.152. The zero-order valence-electron chi connectivity index (χ0n) is 13.6. The van der Waals surface area contributed by atoms with E-state index in [1.165, 1.54) is 4.88 Å². The third-order valence-corrected chi connectivity index (χ3v) is 5.65. The fraction of sp³-hybridized carbons (Fsp3) is 0.158. The van der Waals surface area contributed by atoms with Crippen LogP contribution in [-0.4, -0.2) is 10.9 Å². The zero-order valence-corrected chi connectivity index (χ0v) is 17.5. The lowest BCUT2D eigenvalue weighted by molar-refractivity contribution is 0.102. The Kier molecular flexibility index (Phi) is 6.04. The predicted molar refractivity (Wildman–Crippen MR) is 111 cm³/mol. The van der Waals surface area contributed by atoms with Crippen LogP contribution < -0.4 is 5.32 Å². The number of aromatic nitrogens is 1. The molecule has 0 radical (unpaired) electrons. The molecule has 0 aliphatic heterocycles. The number of benzene rings is 2. The van der Waals surface area contributed by atoms with Crippen LogP contribution in [0.2, 0.25) is 0 Å². The van der Waals surface area contributed by atoms with Crippen molar-refractivity contribution in [2.24, 2.45) is 0 Å². The van der Waals surface area contributed by atoms with Gasteiger partial charge in [0.1, 0.15) is 0 Å². The molecule has 2 aromatic carbocycles. The molecule has 25 heavy (non-hydrogen) atoms. The highest BCUT2D eigenvalue weighted by atomic mass is 79.9. The first-order valence-electron chi connectivity index (χ1n) is 7.89. The molecule has 1 heterocycles. The molecule has 0 aliphatic rings. The third-order valence-electron chi connectivity index (χ3n) is 3.60. The van der Waals surface area contributed by atoms with Gasteiger partial charge in [0.15, 0.2) is 5.13 Å². The molecule has 0 saturated heterocycles. The highest BCUT2D eigenvalue weighted by molar-refractivity contribution is 9.10. The first kappa shape index (κ1) is 18.3. The Morgan fingerprint density at radius 1 is 1.12 bits per heavy atom. The first-order valence-corrected chi connectivity index (χ1v) is 10.3. The fourth-order valence-electron chi connectivity index (χ4n) is 2.43. The van der Waals surface area contributed by atoms with E-state index in [-0.39, 0.29) is 5.91 Å². The van der Waals surface area contributed by atoms with E-state index in [1.54, 1.807) is 23.5 Å². The Hall–Kier alpha value is -1.50. The summed E-state index contributed by atoms with van der Waals surface area (Å²) in [5.41, 5.74) is 2.61. The Morgan fingerprint density at radius 2 is 1.88 bits per heavy atom. The molecule has 3 aromatic rings. The first-order chi connectivity index (χ1) is 12.1. The number of anilines is 1. The molecule has 6 heteroatoms. The van der Waals surface area contributed by atoms with E-state index in [9.17, 15) is 4.79 Å². The zero-order chi connectivity index (χ0) is 17.8. The summed E-state index contributed by atoms with van der Waals surface area (Å²) in [4.78, 5) is 18.3. The number of aryl methyl sites for hydroxylation is 1. The summed E-state index contributed by atoms with van der Waals surface area (Å²) in [5, 5.41) is 3.56. The van der Waals surface area contributed by atoms with Crippen LogP contribution in [-0.2, 0) is 6.42 Å². The van der Waals surface area contributed by atoms with Crippen molar-refractivity contribution in [2.45, 2.75) is 19.8 Å². The SMILES string of the molecule is CCCc1sc(NC(=O)c2cccc(Br)c2)nc1-c1ccc(Br)cc1. The van der Waals surface area contributed by atoms with Gasteiger partial charge < -0.3 is 0 Å². The molecule has 0 aliphatic carbocycles. The number of nitrogens with zero attached hydrogens (tertiary/aromatic N) is 1. The number of nitrogens with one attached hydrogen (secondary N) is 1. The van der Waals surface area contributed by atoms with Gasteiger partial charge in [0.25, 0.3) is 5.91 Å². The summed E-state index contributed by atoms with van der Waals surface area (Å²) in [6.45, 7) is 2.14. The molecule has 128 valence electrons. The highest BCUT2D eigenvalue weighted by Gasteiger charge is 2.15. The van der Waals surface area contributed by atoms with Crippen molar-refractivity contribution in [3.05, 3.63) is 67.9 Å². The van der Waals surface area contributed by atoms with Crippen molar-refractivity contribution in [1.82, 2.24) is 4.98 Å². The van der Waals surface area contributed by atoms with E-state index in [4.69, 9.17) is 0 Å². The lowest BCUT2D eigenvalue weighted by Gasteiger charge is -2.02. The fourth-order valence-corrected chi connectivity index (χ4v) is 4.18. The normalized spacial score (nSPS) is 10.7. The summed E-state index contributed by atoms with van der Waals surface area (Å²) < 4.78 is 1.91. The Bertz CT molecular complexity index is 891. The van der Waals surface area contributed by atoms with Crippen molar-refractivity contribution in [1.29, 1.82) is 0 Å². The molecule has 0 spiro atoms. The molecule has 1 N–H and O–H groups in total. The Balaban J connectivity index is 1.88. The van der Waals surface area contributed by atoms with Gasteiger partial charge in [0.05, 0.1) is 5.69 Å². The van der Waals surface area contributed by atoms with Crippen LogP contribution >= 0.6 is 43.2 Å². The minimum absolute atomic E-state index is 0.152. The second-order valence-electron chi connectivity index (χ2n) is 5.51. The number of rotatable bonds is 5. The summed E-state index contributed by atoms with van der Waals surface area (Å²) in [5.74, 6) is -0.152. The van der Waals surface area contributed by atoms with Gasteiger partial charge in [0, 0.05) is 24.9 Å². The molecular formula is C19H16Br2N2OS. The maximum absolute atomic E-state index is 12.5. The number of thiazole rings is 1. The smallest absolute Gasteiger partial charge is 0.257 e. The number of carbonyl (C=O) groups is 1. The summed E-state index contributed by atoms with van der Waals surface area (Å²) >= 11 is 8.39. The average molecular weight is 480 g/mol. The van der Waals surface area contributed by atoms with Crippen LogP contribution in [0.15, 0.2) is 57.5 Å². The monoisotopic (exact) mass is 478 g/mol. The topological polar surface area (TPSA) is 42.0 Å². The Morgan fingerprint density at radius 3 is 2.56 bits per heavy atom. The van der Waals surface area contributed by atoms with Gasteiger partial charge in [-0.05, 0) is 36.8 Å². The van der Waals surface area contributed by atoms with Crippen molar-refractivity contribution in [3.63, 3.8) is 0 Å². The van der Waals surface area contributed by atoms with Gasteiger partial charge in [-0.15, -0.1) is 11.3 Å². The molecule has 1 aromatic heterocycles. The summed E-state index contributed by atoms with van der Waals surface area (Å²) in [6, 6.07) is 15.4. The number of amides is 1. The summed E-state index contributed by atoms with van der Waals surface area (Å²) in [7, 11) is 0. The molecule has 0 saturated carbocycles. The molecule has 0 atom stereocenters. The lowest BCUT2D eigenvalue weighted by atomic mass is 10.1. The molecule has 0 bridgehead atoms. The number of hydrogen-bond donors (Lipinski definition) is 1. The lowest BCUT2D eigenvalue weighted by Crippen LogP contribution is -2.11. The second kappa shape index (κ2) is 8.25. The summed E-state index contributed by atoms with van der Waals surface area (Å²) in [6.07, 6.45) is 1.97. The van der Waals surface area contributed by atoms with Crippen molar-refractivity contribution in [3.8, 4) is 11.3 Å². The van der Waals surface area contributed by atoms with Crippen LogP contribution in [0.25, 0.3) is 11.3 Å². The van der Waals surface area contributed by atoms with Crippen LogP contribution in [0, 0.1) is 0 Å². The number of halogens is 2. The van der Waals surface area contributed by atoms with E-state index in [2.05, 4.69) is 49.1 Å². The molecular weight excluding hydrogens is 464 g/mol. The van der Waals surface area contributed by atoms with Crippen LogP contribution in [0.4, 0.5) is 5.13 Å². The number of carbonyl (C=O) groups excluding carboxylic acids is 1. The maximum atomic E-state index is 12.5. The van der Waals surface area contributed by atoms with E-state index in [1.807, 2.05) is 36.4 Å². The molecule has 0 fully saturated rings. The Labute approximate surface area is 167 Å².